The Morgan fingerprint density at radius 3 is 2.45 bits per heavy atom. The van der Waals surface area contributed by atoms with Gasteiger partial charge in [-0.25, -0.2) is 4.68 Å². The first-order valence-corrected chi connectivity index (χ1v) is 11.6. The van der Waals surface area contributed by atoms with Crippen LogP contribution in [-0.2, 0) is 0 Å². The lowest BCUT2D eigenvalue weighted by molar-refractivity contribution is 0.290. The van der Waals surface area contributed by atoms with Gasteiger partial charge in [-0.1, -0.05) is 46.8 Å². The van der Waals surface area contributed by atoms with Crippen molar-refractivity contribution in [2.75, 3.05) is 14.2 Å². The second-order valence-electron chi connectivity index (χ2n) is 7.78. The van der Waals surface area contributed by atoms with Crippen LogP contribution in [0.2, 0.25) is 0 Å². The van der Waals surface area contributed by atoms with Crippen LogP contribution in [0.4, 0.5) is 0 Å². The molecule has 0 N–H and O–H groups in total. The van der Waals surface area contributed by atoms with Crippen LogP contribution in [0, 0.1) is 0 Å². The molecule has 1 atom stereocenters. The highest BCUT2D eigenvalue weighted by Crippen LogP contribution is 2.37. The predicted octanol–water partition coefficient (Wildman–Crippen LogP) is 6.71. The summed E-state index contributed by atoms with van der Waals surface area (Å²) in [6, 6.07) is 16.4. The minimum absolute atomic E-state index is 0.0742. The van der Waals surface area contributed by atoms with Crippen molar-refractivity contribution in [1.29, 1.82) is 0 Å². The molecule has 0 aliphatic carbocycles. The minimum atomic E-state index is 0.0742. The Hall–Kier alpha value is -3.38. The second-order valence-corrected chi connectivity index (χ2v) is 8.70. The second kappa shape index (κ2) is 10.0. The quantitative estimate of drug-likeness (QED) is 0.337. The van der Waals surface area contributed by atoms with Crippen molar-refractivity contribution >= 4 is 27.3 Å². The average Bonchev–Trinajstić information content (AvgIpc) is 3.43. The van der Waals surface area contributed by atoms with Gasteiger partial charge in [-0.2, -0.15) is 10.2 Å². The number of benzene rings is 2. The Labute approximate surface area is 203 Å². The van der Waals surface area contributed by atoms with Crippen LogP contribution in [0.1, 0.15) is 30.5 Å². The molecule has 0 spiro atoms. The van der Waals surface area contributed by atoms with Crippen LogP contribution in [-0.4, -0.2) is 34.7 Å². The van der Waals surface area contributed by atoms with Gasteiger partial charge in [0.1, 0.15) is 5.75 Å². The fourth-order valence-corrected chi connectivity index (χ4v) is 4.25. The number of ether oxygens (including phenoxy) is 1. The van der Waals surface area contributed by atoms with Gasteiger partial charge >= 0.3 is 0 Å². The standard InChI is InChI=1S/C27H27BrN4O/c1-5-7-22(8-6-2)32-18-24(27(30-32)20-9-13-21(28)14-10-20)26-17-25(29-31(26)3)19-11-15-23(33-4)16-12-19/h5-16,18,26H,1,17H2,2-4H3/b8-6-,22-7+. The summed E-state index contributed by atoms with van der Waals surface area (Å²) in [5.74, 6) is 0.839. The predicted molar refractivity (Wildman–Crippen MR) is 139 cm³/mol. The molecule has 2 aromatic carbocycles. The van der Waals surface area contributed by atoms with E-state index in [1.807, 2.05) is 66.2 Å². The van der Waals surface area contributed by atoms with E-state index in [0.717, 1.165) is 50.4 Å². The molecule has 1 aliphatic rings. The van der Waals surface area contributed by atoms with Crippen molar-refractivity contribution in [2.24, 2.45) is 5.10 Å². The molecule has 0 radical (unpaired) electrons. The molecule has 4 rings (SSSR count). The van der Waals surface area contributed by atoms with E-state index in [9.17, 15) is 0 Å². The van der Waals surface area contributed by atoms with E-state index >= 15 is 0 Å². The van der Waals surface area contributed by atoms with Crippen molar-refractivity contribution in [3.8, 4) is 17.0 Å². The minimum Gasteiger partial charge on any atom is -0.497 e. The van der Waals surface area contributed by atoms with Crippen LogP contribution >= 0.6 is 15.9 Å². The van der Waals surface area contributed by atoms with Crippen LogP contribution in [0.5, 0.6) is 5.75 Å². The molecule has 1 aliphatic heterocycles. The van der Waals surface area contributed by atoms with Crippen molar-refractivity contribution in [3.63, 3.8) is 0 Å². The van der Waals surface area contributed by atoms with Gasteiger partial charge in [0.2, 0.25) is 0 Å². The smallest absolute Gasteiger partial charge is 0.118 e. The third-order valence-electron chi connectivity index (χ3n) is 5.65. The van der Waals surface area contributed by atoms with Crippen molar-refractivity contribution in [1.82, 2.24) is 14.8 Å². The molecule has 2 heterocycles. The van der Waals surface area contributed by atoms with Gasteiger partial charge in [-0.3, -0.25) is 5.01 Å². The van der Waals surface area contributed by atoms with Gasteiger partial charge < -0.3 is 4.74 Å². The fraction of sp³-hybridized carbons (Fsp3) is 0.185. The lowest BCUT2D eigenvalue weighted by atomic mass is 9.96. The van der Waals surface area contributed by atoms with E-state index in [2.05, 4.69) is 53.0 Å². The Bertz CT molecular complexity index is 1220. The number of hydrogen-bond donors (Lipinski definition) is 0. The molecule has 168 valence electrons. The van der Waals surface area contributed by atoms with Gasteiger partial charge in [0.25, 0.3) is 0 Å². The van der Waals surface area contributed by atoms with Gasteiger partial charge in [0.05, 0.1) is 30.3 Å². The van der Waals surface area contributed by atoms with Crippen molar-refractivity contribution in [2.45, 2.75) is 19.4 Å². The fourth-order valence-electron chi connectivity index (χ4n) is 3.98. The Morgan fingerprint density at radius 2 is 1.82 bits per heavy atom. The van der Waals surface area contributed by atoms with Gasteiger partial charge in [-0.15, -0.1) is 0 Å². The number of halogens is 1. The molecular weight excluding hydrogens is 476 g/mol. The van der Waals surface area contributed by atoms with E-state index in [1.54, 1.807) is 13.2 Å². The first kappa shape index (κ1) is 22.8. The summed E-state index contributed by atoms with van der Waals surface area (Å²) in [5.41, 5.74) is 6.25. The molecule has 0 bridgehead atoms. The molecule has 0 fully saturated rings. The third kappa shape index (κ3) is 4.86. The number of methoxy groups -OCH3 is 1. The molecular formula is C27H27BrN4O. The Morgan fingerprint density at radius 1 is 1.12 bits per heavy atom. The summed E-state index contributed by atoms with van der Waals surface area (Å²) in [6.45, 7) is 5.86. The zero-order chi connectivity index (χ0) is 23.4. The van der Waals surface area contributed by atoms with E-state index in [1.165, 1.54) is 0 Å². The lowest BCUT2D eigenvalue weighted by Gasteiger charge is -2.18. The topological polar surface area (TPSA) is 42.6 Å². The zero-order valence-corrected chi connectivity index (χ0v) is 20.7. The zero-order valence-electron chi connectivity index (χ0n) is 19.1. The Balaban J connectivity index is 1.74. The molecule has 0 saturated carbocycles. The van der Waals surface area contributed by atoms with Crippen molar-refractivity contribution in [3.05, 3.63) is 101 Å². The summed E-state index contributed by atoms with van der Waals surface area (Å²) in [5, 5.41) is 11.9. The molecule has 0 amide bonds. The molecule has 3 aromatic rings. The first-order chi connectivity index (χ1) is 16.0. The van der Waals surface area contributed by atoms with E-state index in [4.69, 9.17) is 14.9 Å². The molecule has 6 heteroatoms. The van der Waals surface area contributed by atoms with Crippen LogP contribution in [0.15, 0.2) is 95.2 Å². The largest absolute Gasteiger partial charge is 0.497 e. The molecule has 5 nitrogen and oxygen atoms in total. The highest BCUT2D eigenvalue weighted by Gasteiger charge is 2.30. The summed E-state index contributed by atoms with van der Waals surface area (Å²) in [4.78, 5) is 0. The number of rotatable bonds is 7. The molecule has 1 aromatic heterocycles. The van der Waals surface area contributed by atoms with E-state index in [-0.39, 0.29) is 6.04 Å². The van der Waals surface area contributed by atoms with Crippen LogP contribution in [0.25, 0.3) is 17.0 Å². The summed E-state index contributed by atoms with van der Waals surface area (Å²) < 4.78 is 8.26. The monoisotopic (exact) mass is 502 g/mol. The Kier molecular flexibility index (Phi) is 6.94. The SMILES string of the molecule is C=C/C=C(\C=C/C)n1cc(C2CC(c3ccc(OC)cc3)=NN2C)c(-c2ccc(Br)cc2)n1. The molecule has 0 saturated heterocycles. The number of nitrogens with zero attached hydrogens (tertiary/aromatic N) is 4. The van der Waals surface area contributed by atoms with E-state index in [0.29, 0.717) is 0 Å². The third-order valence-corrected chi connectivity index (χ3v) is 6.18. The lowest BCUT2D eigenvalue weighted by Crippen LogP contribution is -2.14. The average molecular weight is 503 g/mol. The van der Waals surface area contributed by atoms with Gasteiger partial charge in [0, 0.05) is 35.3 Å². The maximum absolute atomic E-state index is 5.30. The summed E-state index contributed by atoms with van der Waals surface area (Å²) >= 11 is 3.54. The van der Waals surface area contributed by atoms with Crippen LogP contribution < -0.4 is 4.74 Å². The highest BCUT2D eigenvalue weighted by molar-refractivity contribution is 9.10. The normalized spacial score (nSPS) is 16.4. The number of hydrazone groups is 1. The highest BCUT2D eigenvalue weighted by atomic mass is 79.9. The van der Waals surface area contributed by atoms with E-state index < -0.39 is 0 Å². The summed E-state index contributed by atoms with van der Waals surface area (Å²) in [6.07, 6.45) is 10.7. The molecule has 1 unspecified atom stereocenters. The summed E-state index contributed by atoms with van der Waals surface area (Å²) in [7, 11) is 3.70. The van der Waals surface area contributed by atoms with Gasteiger partial charge in [-0.05, 0) is 61.0 Å². The number of hydrogen-bond acceptors (Lipinski definition) is 4. The first-order valence-electron chi connectivity index (χ1n) is 10.8. The number of allylic oxidation sites excluding steroid dienone is 5. The maximum Gasteiger partial charge on any atom is 0.118 e. The molecule has 33 heavy (non-hydrogen) atoms. The number of aromatic nitrogens is 2. The van der Waals surface area contributed by atoms with Crippen LogP contribution in [0.3, 0.4) is 0 Å². The maximum atomic E-state index is 5.30. The van der Waals surface area contributed by atoms with Gasteiger partial charge in [0.15, 0.2) is 0 Å². The van der Waals surface area contributed by atoms with Crippen molar-refractivity contribution < 1.29 is 4.74 Å².